The second-order valence-corrected chi connectivity index (χ2v) is 5.82. The third kappa shape index (κ3) is 2.30. The van der Waals surface area contributed by atoms with Gasteiger partial charge in [0.05, 0.1) is 11.2 Å². The third-order valence-electron chi connectivity index (χ3n) is 2.93. The van der Waals surface area contributed by atoms with E-state index in [0.29, 0.717) is 4.75 Å². The Morgan fingerprint density at radius 1 is 1.64 bits per heavy atom. The van der Waals surface area contributed by atoms with Crippen LogP contribution in [0.5, 0.6) is 0 Å². The SMILES string of the molecule is CSC1(CNCc2cscn2)CCC1. The highest BCUT2D eigenvalue weighted by molar-refractivity contribution is 8.00. The van der Waals surface area contributed by atoms with Crippen molar-refractivity contribution >= 4 is 23.1 Å². The standard InChI is InChI=1S/C10H16N2S2/c1-13-10(3-2-4-10)7-11-5-9-6-14-8-12-9/h6,8,11H,2-5,7H2,1H3. The molecule has 0 spiro atoms. The van der Waals surface area contributed by atoms with Crippen molar-refractivity contribution in [3.05, 3.63) is 16.6 Å². The fourth-order valence-electron chi connectivity index (χ4n) is 1.77. The minimum atomic E-state index is 0.538. The average molecular weight is 228 g/mol. The molecule has 0 aromatic carbocycles. The molecule has 1 aliphatic rings. The van der Waals surface area contributed by atoms with Crippen LogP contribution >= 0.6 is 23.1 Å². The Balaban J connectivity index is 1.72. The smallest absolute Gasteiger partial charge is 0.0795 e. The molecule has 1 aromatic rings. The van der Waals surface area contributed by atoms with Gasteiger partial charge in [-0.2, -0.15) is 11.8 Å². The summed E-state index contributed by atoms with van der Waals surface area (Å²) in [4.78, 5) is 4.25. The maximum Gasteiger partial charge on any atom is 0.0795 e. The molecule has 0 saturated heterocycles. The fraction of sp³-hybridized carbons (Fsp3) is 0.700. The summed E-state index contributed by atoms with van der Waals surface area (Å²) < 4.78 is 0.538. The number of hydrogen-bond acceptors (Lipinski definition) is 4. The third-order valence-corrected chi connectivity index (χ3v) is 4.99. The van der Waals surface area contributed by atoms with Gasteiger partial charge in [-0.05, 0) is 19.1 Å². The Labute approximate surface area is 93.5 Å². The van der Waals surface area contributed by atoms with Gasteiger partial charge in [0.2, 0.25) is 0 Å². The van der Waals surface area contributed by atoms with Crippen LogP contribution in [0.4, 0.5) is 0 Å². The van der Waals surface area contributed by atoms with E-state index in [9.17, 15) is 0 Å². The molecule has 0 amide bonds. The van der Waals surface area contributed by atoms with Crippen molar-refractivity contribution in [1.29, 1.82) is 0 Å². The van der Waals surface area contributed by atoms with Crippen LogP contribution in [0.15, 0.2) is 10.9 Å². The number of thioether (sulfide) groups is 1. The molecule has 0 radical (unpaired) electrons. The highest BCUT2D eigenvalue weighted by Gasteiger charge is 2.35. The van der Waals surface area contributed by atoms with Crippen molar-refractivity contribution in [2.75, 3.05) is 12.8 Å². The molecule has 2 nitrogen and oxygen atoms in total. The van der Waals surface area contributed by atoms with Crippen LogP contribution in [0.3, 0.4) is 0 Å². The molecule has 78 valence electrons. The summed E-state index contributed by atoms with van der Waals surface area (Å²) >= 11 is 3.68. The number of nitrogens with one attached hydrogen (secondary N) is 1. The van der Waals surface area contributed by atoms with Crippen molar-refractivity contribution < 1.29 is 0 Å². The molecule has 1 fully saturated rings. The summed E-state index contributed by atoms with van der Waals surface area (Å²) in [5.41, 5.74) is 3.07. The van der Waals surface area contributed by atoms with Crippen molar-refractivity contribution in [1.82, 2.24) is 10.3 Å². The maximum absolute atomic E-state index is 4.25. The molecule has 0 unspecified atom stereocenters. The Morgan fingerprint density at radius 3 is 3.00 bits per heavy atom. The van der Waals surface area contributed by atoms with Crippen LogP contribution in [0.1, 0.15) is 25.0 Å². The van der Waals surface area contributed by atoms with E-state index in [0.717, 1.165) is 13.1 Å². The van der Waals surface area contributed by atoms with Gasteiger partial charge in [0.1, 0.15) is 0 Å². The summed E-state index contributed by atoms with van der Waals surface area (Å²) in [6.07, 6.45) is 6.37. The zero-order chi connectivity index (χ0) is 9.86. The van der Waals surface area contributed by atoms with Crippen molar-refractivity contribution in [2.45, 2.75) is 30.6 Å². The molecule has 0 bridgehead atoms. The lowest BCUT2D eigenvalue weighted by Gasteiger charge is -2.40. The first-order valence-electron chi connectivity index (χ1n) is 4.98. The number of hydrogen-bond donors (Lipinski definition) is 1. The van der Waals surface area contributed by atoms with E-state index in [2.05, 4.69) is 21.9 Å². The molecule has 2 rings (SSSR count). The molecule has 1 aromatic heterocycles. The molecule has 1 aliphatic carbocycles. The minimum absolute atomic E-state index is 0.538. The molecule has 1 heterocycles. The lowest BCUT2D eigenvalue weighted by molar-refractivity contribution is 0.345. The van der Waals surface area contributed by atoms with Gasteiger partial charge in [-0.3, -0.25) is 0 Å². The molecule has 0 aliphatic heterocycles. The highest BCUT2D eigenvalue weighted by atomic mass is 32.2. The van der Waals surface area contributed by atoms with Crippen LogP contribution in [0.25, 0.3) is 0 Å². The van der Waals surface area contributed by atoms with Gasteiger partial charge in [-0.15, -0.1) is 11.3 Å². The second-order valence-electron chi connectivity index (χ2n) is 3.82. The van der Waals surface area contributed by atoms with Crippen molar-refractivity contribution in [3.63, 3.8) is 0 Å². The summed E-state index contributed by atoms with van der Waals surface area (Å²) in [6, 6.07) is 0. The lowest BCUT2D eigenvalue weighted by Crippen LogP contribution is -2.43. The number of nitrogens with zero attached hydrogens (tertiary/aromatic N) is 1. The predicted octanol–water partition coefficient (Wildman–Crippen LogP) is 2.52. The van der Waals surface area contributed by atoms with E-state index < -0.39 is 0 Å². The van der Waals surface area contributed by atoms with Gasteiger partial charge in [-0.1, -0.05) is 6.42 Å². The highest BCUT2D eigenvalue weighted by Crippen LogP contribution is 2.42. The Bertz CT molecular complexity index is 262. The molecule has 14 heavy (non-hydrogen) atoms. The van der Waals surface area contributed by atoms with E-state index in [1.165, 1.54) is 25.0 Å². The average Bonchev–Trinajstić information content (AvgIpc) is 2.62. The fourth-order valence-corrected chi connectivity index (χ4v) is 3.27. The lowest BCUT2D eigenvalue weighted by atomic mass is 9.84. The van der Waals surface area contributed by atoms with Crippen LogP contribution in [0, 0.1) is 0 Å². The van der Waals surface area contributed by atoms with E-state index >= 15 is 0 Å². The number of rotatable bonds is 5. The zero-order valence-corrected chi connectivity index (χ0v) is 10.1. The normalized spacial score (nSPS) is 19.2. The van der Waals surface area contributed by atoms with Gasteiger partial charge < -0.3 is 5.32 Å². The predicted molar refractivity (Wildman–Crippen MR) is 63.9 cm³/mol. The van der Waals surface area contributed by atoms with Gasteiger partial charge in [-0.25, -0.2) is 4.98 Å². The summed E-state index contributed by atoms with van der Waals surface area (Å²) in [7, 11) is 0. The van der Waals surface area contributed by atoms with E-state index in [4.69, 9.17) is 0 Å². The first-order chi connectivity index (χ1) is 6.85. The van der Waals surface area contributed by atoms with E-state index in [-0.39, 0.29) is 0 Å². The second kappa shape index (κ2) is 4.64. The van der Waals surface area contributed by atoms with Crippen LogP contribution < -0.4 is 5.32 Å². The monoisotopic (exact) mass is 228 g/mol. The molecule has 1 N–H and O–H groups in total. The Morgan fingerprint density at radius 2 is 2.50 bits per heavy atom. The molecular weight excluding hydrogens is 212 g/mol. The maximum atomic E-state index is 4.25. The number of thiazole rings is 1. The minimum Gasteiger partial charge on any atom is -0.310 e. The quantitative estimate of drug-likeness (QED) is 0.838. The van der Waals surface area contributed by atoms with Gasteiger partial charge in [0.25, 0.3) is 0 Å². The van der Waals surface area contributed by atoms with Crippen molar-refractivity contribution in [2.24, 2.45) is 0 Å². The molecule has 1 saturated carbocycles. The largest absolute Gasteiger partial charge is 0.310 e. The summed E-state index contributed by atoms with van der Waals surface area (Å²) in [5.74, 6) is 0. The summed E-state index contributed by atoms with van der Waals surface area (Å²) in [6.45, 7) is 2.05. The van der Waals surface area contributed by atoms with Gasteiger partial charge >= 0.3 is 0 Å². The molecule has 0 atom stereocenters. The molecular formula is C10H16N2S2. The van der Waals surface area contributed by atoms with E-state index in [1.807, 2.05) is 17.3 Å². The Hall–Kier alpha value is -0.0600. The zero-order valence-electron chi connectivity index (χ0n) is 8.45. The van der Waals surface area contributed by atoms with Gasteiger partial charge in [0, 0.05) is 23.2 Å². The van der Waals surface area contributed by atoms with Gasteiger partial charge in [0.15, 0.2) is 0 Å². The summed E-state index contributed by atoms with van der Waals surface area (Å²) in [5, 5.41) is 5.62. The van der Waals surface area contributed by atoms with Crippen LogP contribution in [0.2, 0.25) is 0 Å². The Kier molecular flexibility index (Phi) is 3.47. The number of aromatic nitrogens is 1. The first-order valence-corrected chi connectivity index (χ1v) is 7.14. The first kappa shape index (κ1) is 10.5. The van der Waals surface area contributed by atoms with Crippen LogP contribution in [-0.2, 0) is 6.54 Å². The van der Waals surface area contributed by atoms with E-state index in [1.54, 1.807) is 11.3 Å². The molecule has 4 heteroatoms. The van der Waals surface area contributed by atoms with Crippen LogP contribution in [-0.4, -0.2) is 22.5 Å². The van der Waals surface area contributed by atoms with Crippen molar-refractivity contribution in [3.8, 4) is 0 Å². The topological polar surface area (TPSA) is 24.9 Å².